The highest BCUT2D eigenvalue weighted by Crippen LogP contribution is 2.30. The number of ether oxygens (including phenoxy) is 3. The van der Waals surface area contributed by atoms with Gasteiger partial charge in [-0.3, -0.25) is 10.1 Å². The first kappa shape index (κ1) is 17.2. The monoisotopic (exact) mass is 363 g/mol. The van der Waals surface area contributed by atoms with E-state index in [1.807, 2.05) is 6.07 Å². The summed E-state index contributed by atoms with van der Waals surface area (Å²) in [4.78, 5) is 33.7. The van der Waals surface area contributed by atoms with Crippen LogP contribution < -0.4 is 14.8 Å². The molecule has 25 heavy (non-hydrogen) atoms. The summed E-state index contributed by atoms with van der Waals surface area (Å²) < 4.78 is 15.0. The maximum atomic E-state index is 12.0. The Morgan fingerprint density at radius 1 is 1.16 bits per heavy atom. The molecule has 1 aliphatic carbocycles. The summed E-state index contributed by atoms with van der Waals surface area (Å²) in [6.45, 7) is -0.426. The predicted molar refractivity (Wildman–Crippen MR) is 90.4 cm³/mol. The summed E-state index contributed by atoms with van der Waals surface area (Å²) in [6, 6.07) is 3.33. The first-order chi connectivity index (χ1) is 12.1. The highest BCUT2D eigenvalue weighted by molar-refractivity contribution is 7.14. The van der Waals surface area contributed by atoms with Crippen molar-refractivity contribution in [3.63, 3.8) is 0 Å². The molecule has 132 valence electrons. The Hall–Kier alpha value is -2.68. The number of hydrogen-bond acceptors (Lipinski definition) is 8. The Kier molecular flexibility index (Phi) is 5.13. The van der Waals surface area contributed by atoms with Crippen molar-refractivity contribution in [1.82, 2.24) is 9.97 Å². The van der Waals surface area contributed by atoms with Gasteiger partial charge < -0.3 is 14.2 Å². The zero-order chi connectivity index (χ0) is 17.8. The van der Waals surface area contributed by atoms with E-state index in [9.17, 15) is 9.59 Å². The van der Waals surface area contributed by atoms with Gasteiger partial charge in [0.2, 0.25) is 17.7 Å². The first-order valence-electron chi connectivity index (χ1n) is 7.64. The second-order valence-corrected chi connectivity index (χ2v) is 6.45. The fourth-order valence-electron chi connectivity index (χ4n) is 2.46. The minimum absolute atomic E-state index is 0.00680. The minimum atomic E-state index is -0.548. The molecule has 8 nitrogen and oxygen atoms in total. The van der Waals surface area contributed by atoms with Crippen LogP contribution >= 0.6 is 11.3 Å². The molecule has 0 atom stereocenters. The van der Waals surface area contributed by atoms with Crippen molar-refractivity contribution in [2.24, 2.45) is 0 Å². The lowest BCUT2D eigenvalue weighted by molar-refractivity contribution is -0.119. The second-order valence-electron chi connectivity index (χ2n) is 5.31. The predicted octanol–water partition coefficient (Wildman–Crippen LogP) is 1.84. The van der Waals surface area contributed by atoms with Crippen LogP contribution in [0.15, 0.2) is 12.1 Å². The zero-order valence-electron chi connectivity index (χ0n) is 13.8. The Morgan fingerprint density at radius 2 is 1.88 bits per heavy atom. The topological polar surface area (TPSA) is 99.6 Å². The van der Waals surface area contributed by atoms with Gasteiger partial charge in [-0.1, -0.05) is 0 Å². The van der Waals surface area contributed by atoms with Gasteiger partial charge >= 0.3 is 5.97 Å². The molecule has 0 saturated carbocycles. The van der Waals surface area contributed by atoms with Crippen molar-refractivity contribution in [2.45, 2.75) is 19.3 Å². The molecular weight excluding hydrogens is 346 g/mol. The van der Waals surface area contributed by atoms with Crippen molar-refractivity contribution in [1.29, 1.82) is 0 Å². The Bertz CT molecular complexity index is 761. The van der Waals surface area contributed by atoms with Crippen LogP contribution in [0.25, 0.3) is 0 Å². The molecule has 0 bridgehead atoms. The molecule has 2 aromatic rings. The van der Waals surface area contributed by atoms with Gasteiger partial charge in [-0.2, -0.15) is 9.97 Å². The summed E-state index contributed by atoms with van der Waals surface area (Å²) in [7, 11) is 2.88. The van der Waals surface area contributed by atoms with E-state index in [1.54, 1.807) is 0 Å². The van der Waals surface area contributed by atoms with Crippen LogP contribution in [0.5, 0.6) is 11.8 Å². The number of aromatic nitrogens is 2. The number of carbonyl (C=O) groups excluding carboxylic acids is 2. The van der Waals surface area contributed by atoms with Gasteiger partial charge in [-0.05, 0) is 30.9 Å². The third-order valence-corrected chi connectivity index (χ3v) is 4.85. The lowest BCUT2D eigenvalue weighted by Crippen LogP contribution is -2.22. The Morgan fingerprint density at radius 3 is 2.52 bits per heavy atom. The number of anilines is 1. The Balaban J connectivity index is 1.56. The van der Waals surface area contributed by atoms with E-state index in [4.69, 9.17) is 14.2 Å². The molecule has 0 saturated heterocycles. The van der Waals surface area contributed by atoms with Crippen LogP contribution in [0.1, 0.15) is 26.5 Å². The van der Waals surface area contributed by atoms with Gasteiger partial charge in [0.1, 0.15) is 4.88 Å². The summed E-state index contributed by atoms with van der Waals surface area (Å²) in [5, 5.41) is 2.44. The molecule has 0 spiro atoms. The van der Waals surface area contributed by atoms with E-state index >= 15 is 0 Å². The van der Waals surface area contributed by atoms with Crippen LogP contribution in [-0.4, -0.2) is 42.7 Å². The molecule has 0 fully saturated rings. The number of fused-ring (bicyclic) bond motifs is 1. The minimum Gasteiger partial charge on any atom is -0.481 e. The number of aryl methyl sites for hydroxylation is 2. The molecule has 1 N–H and O–H groups in total. The second kappa shape index (κ2) is 7.47. The van der Waals surface area contributed by atoms with Crippen molar-refractivity contribution < 1.29 is 23.8 Å². The van der Waals surface area contributed by atoms with Gasteiger partial charge in [-0.25, -0.2) is 4.79 Å². The molecule has 2 heterocycles. The van der Waals surface area contributed by atoms with Gasteiger partial charge in [0.05, 0.1) is 20.3 Å². The number of amides is 1. The number of esters is 1. The van der Waals surface area contributed by atoms with Crippen molar-refractivity contribution >= 4 is 29.2 Å². The van der Waals surface area contributed by atoms with Crippen molar-refractivity contribution in [3.05, 3.63) is 27.5 Å². The number of nitrogens with zero attached hydrogens (tertiary/aromatic N) is 2. The number of rotatable bonds is 6. The van der Waals surface area contributed by atoms with Crippen molar-refractivity contribution in [2.75, 3.05) is 26.1 Å². The normalized spacial score (nSPS) is 12.4. The Labute approximate surface area is 148 Å². The van der Waals surface area contributed by atoms with Gasteiger partial charge in [0.25, 0.3) is 5.91 Å². The summed E-state index contributed by atoms with van der Waals surface area (Å²) in [5.41, 5.74) is 1.21. The van der Waals surface area contributed by atoms with Crippen LogP contribution in [0.3, 0.4) is 0 Å². The van der Waals surface area contributed by atoms with Gasteiger partial charge in [0.15, 0.2) is 6.61 Å². The number of thiophene rings is 1. The molecule has 0 unspecified atom stereocenters. The van der Waals surface area contributed by atoms with E-state index in [0.29, 0.717) is 4.88 Å². The fourth-order valence-corrected chi connectivity index (χ4v) is 3.61. The van der Waals surface area contributed by atoms with E-state index < -0.39 is 18.5 Å². The number of hydrogen-bond donors (Lipinski definition) is 1. The standard InChI is InChI=1S/C16H17N3O5S/c1-22-13-7-14(23-2)19-16(18-13)17-12(20)8-24-15(21)11-6-9-4-3-5-10(9)25-11/h6-7H,3-5,8H2,1-2H3,(H,17,18,19,20). The highest BCUT2D eigenvalue weighted by Gasteiger charge is 2.20. The molecule has 3 rings (SSSR count). The average Bonchev–Trinajstić information content (AvgIpc) is 3.21. The van der Waals surface area contributed by atoms with E-state index in [0.717, 1.165) is 19.3 Å². The lowest BCUT2D eigenvalue weighted by atomic mass is 10.2. The average molecular weight is 363 g/mol. The van der Waals surface area contributed by atoms with Crippen molar-refractivity contribution in [3.8, 4) is 11.8 Å². The smallest absolute Gasteiger partial charge is 0.348 e. The molecule has 1 amide bonds. The quantitative estimate of drug-likeness (QED) is 0.782. The molecule has 0 aromatic carbocycles. The maximum Gasteiger partial charge on any atom is 0.348 e. The maximum absolute atomic E-state index is 12.0. The van der Waals surface area contributed by atoms with Crippen LogP contribution in [0, 0.1) is 0 Å². The largest absolute Gasteiger partial charge is 0.481 e. The fraction of sp³-hybridized carbons (Fsp3) is 0.375. The van der Waals surface area contributed by atoms with Crippen LogP contribution in [0.4, 0.5) is 5.95 Å². The summed E-state index contributed by atoms with van der Waals surface area (Å²) in [5.74, 6) is -0.557. The zero-order valence-corrected chi connectivity index (χ0v) is 14.6. The summed E-state index contributed by atoms with van der Waals surface area (Å²) >= 11 is 1.43. The highest BCUT2D eigenvalue weighted by atomic mass is 32.1. The number of carbonyl (C=O) groups is 2. The van der Waals surface area contributed by atoms with Gasteiger partial charge in [0, 0.05) is 4.88 Å². The number of methoxy groups -OCH3 is 2. The third-order valence-electron chi connectivity index (χ3n) is 3.63. The SMILES string of the molecule is COc1cc(OC)nc(NC(=O)COC(=O)c2cc3c(s2)CCC3)n1. The van der Waals surface area contributed by atoms with E-state index in [-0.39, 0.29) is 17.7 Å². The third kappa shape index (κ3) is 4.05. The molecule has 0 radical (unpaired) electrons. The lowest BCUT2D eigenvalue weighted by Gasteiger charge is -2.07. The molecule has 1 aliphatic rings. The molecule has 2 aromatic heterocycles. The van der Waals surface area contributed by atoms with Gasteiger partial charge in [-0.15, -0.1) is 11.3 Å². The molecule has 0 aliphatic heterocycles. The van der Waals surface area contributed by atoms with Crippen LogP contribution in [-0.2, 0) is 22.4 Å². The van der Waals surface area contributed by atoms with Crippen LogP contribution in [0.2, 0.25) is 0 Å². The van der Waals surface area contributed by atoms with E-state index in [2.05, 4.69) is 15.3 Å². The first-order valence-corrected chi connectivity index (χ1v) is 8.46. The van der Waals surface area contributed by atoms with E-state index in [1.165, 1.54) is 42.1 Å². The molecule has 9 heteroatoms. The summed E-state index contributed by atoms with van der Waals surface area (Å²) in [6.07, 6.45) is 3.13. The molecular formula is C16H17N3O5S. The number of nitrogens with one attached hydrogen (secondary N) is 1.